The molecule has 3 rings (SSSR count). The van der Waals surface area contributed by atoms with Crippen LogP contribution in [0.2, 0.25) is 15.1 Å². The third-order valence-electron chi connectivity index (χ3n) is 4.84. The van der Waals surface area contributed by atoms with E-state index in [9.17, 15) is 18.5 Å². The van der Waals surface area contributed by atoms with Crippen molar-refractivity contribution < 1.29 is 17.4 Å². The number of carbonyl (C=O) groups is 1. The Hall–Kier alpha value is -3.02. The Labute approximate surface area is 212 Å². The van der Waals surface area contributed by atoms with Gasteiger partial charge in [-0.15, -0.1) is 0 Å². The van der Waals surface area contributed by atoms with Gasteiger partial charge in [-0.25, -0.2) is 0 Å². The summed E-state index contributed by atoms with van der Waals surface area (Å²) in [6.07, 6.45) is 1.29. The highest BCUT2D eigenvalue weighted by atomic mass is 35.5. The van der Waals surface area contributed by atoms with Gasteiger partial charge in [0.1, 0.15) is 16.5 Å². The van der Waals surface area contributed by atoms with E-state index < -0.39 is 16.0 Å². The first-order valence-electron chi connectivity index (χ1n) is 9.70. The number of hydrogen-bond donors (Lipinski definition) is 1. The van der Waals surface area contributed by atoms with Crippen LogP contribution >= 0.6 is 34.8 Å². The molecule has 34 heavy (non-hydrogen) atoms. The van der Waals surface area contributed by atoms with Crippen LogP contribution in [0.5, 0.6) is 5.75 Å². The van der Waals surface area contributed by atoms with Gasteiger partial charge in [0, 0.05) is 10.7 Å². The van der Waals surface area contributed by atoms with Crippen LogP contribution in [-0.4, -0.2) is 14.3 Å². The van der Waals surface area contributed by atoms with E-state index in [1.54, 1.807) is 12.1 Å². The average molecular weight is 536 g/mol. The number of nitrogens with one attached hydrogen (secondary N) is 1. The number of carbonyl (C=O) groups excluding carboxylic acids is 1. The minimum atomic E-state index is -4.23. The Balaban J connectivity index is 1.88. The minimum absolute atomic E-state index is 0.122. The van der Waals surface area contributed by atoms with Gasteiger partial charge in [0.05, 0.1) is 10.0 Å². The van der Waals surface area contributed by atoms with E-state index in [0.29, 0.717) is 16.3 Å². The minimum Gasteiger partial charge on any atom is -0.376 e. The van der Waals surface area contributed by atoms with Crippen molar-refractivity contribution >= 4 is 62.6 Å². The highest BCUT2D eigenvalue weighted by Gasteiger charge is 2.21. The molecule has 0 spiro atoms. The van der Waals surface area contributed by atoms with Crippen LogP contribution in [-0.2, 0) is 14.9 Å². The molecule has 0 bridgehead atoms. The molecule has 0 heterocycles. The second-order valence-electron chi connectivity index (χ2n) is 7.18. The van der Waals surface area contributed by atoms with Crippen molar-refractivity contribution in [2.24, 2.45) is 0 Å². The topological polar surface area (TPSA) is 96.3 Å². The third-order valence-corrected chi connectivity index (χ3v) is 6.89. The van der Waals surface area contributed by atoms with E-state index in [0.717, 1.165) is 11.1 Å². The quantitative estimate of drug-likeness (QED) is 0.218. The molecule has 3 aromatic carbocycles. The van der Waals surface area contributed by atoms with Crippen LogP contribution in [0, 0.1) is 25.2 Å². The second-order valence-corrected chi connectivity index (χ2v) is 9.97. The summed E-state index contributed by atoms with van der Waals surface area (Å²) in [5.41, 5.74) is 2.55. The zero-order valence-electron chi connectivity index (χ0n) is 17.9. The number of nitrogens with zero attached hydrogens (tertiary/aromatic N) is 1. The summed E-state index contributed by atoms with van der Waals surface area (Å²) in [5.74, 6) is -0.900. The second kappa shape index (κ2) is 10.5. The molecule has 0 aliphatic carbocycles. The summed E-state index contributed by atoms with van der Waals surface area (Å²) in [6, 6.07) is 15.3. The lowest BCUT2D eigenvalue weighted by Crippen LogP contribution is -2.14. The third kappa shape index (κ3) is 5.91. The summed E-state index contributed by atoms with van der Waals surface area (Å²) >= 11 is 18.2. The van der Waals surface area contributed by atoms with E-state index in [4.69, 9.17) is 39.0 Å². The summed E-state index contributed by atoms with van der Waals surface area (Å²) in [5, 5.41) is 12.3. The molecule has 0 saturated carbocycles. The van der Waals surface area contributed by atoms with Gasteiger partial charge in [-0.3, -0.25) is 4.79 Å². The fraction of sp³-hybridized carbons (Fsp3) is 0.0833. The highest BCUT2D eigenvalue weighted by molar-refractivity contribution is 7.87. The van der Waals surface area contributed by atoms with Crippen LogP contribution in [0.15, 0.2) is 65.1 Å². The standard InChI is InChI=1S/C24H17Cl3N2O4S/c1-14-4-3-5-22(15(14)2)29-24(30)17(13-28)10-16-11-20(26)23(21(27)12-16)33-34(31,32)19-8-6-18(25)7-9-19/h3-12H,1-2H3,(H,29,30)/b17-10+. The van der Waals surface area contributed by atoms with E-state index in [-0.39, 0.29) is 26.3 Å². The van der Waals surface area contributed by atoms with Crippen LogP contribution in [0.3, 0.4) is 0 Å². The molecule has 0 radical (unpaired) electrons. The number of anilines is 1. The first-order valence-corrected chi connectivity index (χ1v) is 12.2. The maximum atomic E-state index is 12.6. The molecule has 174 valence electrons. The predicted molar refractivity (Wildman–Crippen MR) is 134 cm³/mol. The number of nitriles is 1. The average Bonchev–Trinajstić information content (AvgIpc) is 2.78. The smallest absolute Gasteiger partial charge is 0.339 e. The van der Waals surface area contributed by atoms with E-state index >= 15 is 0 Å². The van der Waals surface area contributed by atoms with Crippen LogP contribution in [0.25, 0.3) is 6.08 Å². The zero-order chi connectivity index (χ0) is 25.0. The van der Waals surface area contributed by atoms with Crippen molar-refractivity contribution in [3.8, 4) is 11.8 Å². The molecule has 0 saturated heterocycles. The van der Waals surface area contributed by atoms with Crippen molar-refractivity contribution in [3.05, 3.63) is 91.9 Å². The van der Waals surface area contributed by atoms with Gasteiger partial charge in [-0.1, -0.05) is 46.9 Å². The van der Waals surface area contributed by atoms with Crippen molar-refractivity contribution in [3.63, 3.8) is 0 Å². The maximum absolute atomic E-state index is 12.6. The number of amides is 1. The van der Waals surface area contributed by atoms with Gasteiger partial charge in [0.15, 0.2) is 5.75 Å². The van der Waals surface area contributed by atoms with Gasteiger partial charge in [-0.05, 0) is 79.1 Å². The van der Waals surface area contributed by atoms with Gasteiger partial charge in [0.2, 0.25) is 0 Å². The maximum Gasteiger partial charge on any atom is 0.339 e. The summed E-state index contributed by atoms with van der Waals surface area (Å²) < 4.78 is 30.2. The van der Waals surface area contributed by atoms with E-state index in [1.165, 1.54) is 42.5 Å². The van der Waals surface area contributed by atoms with Crippen LogP contribution in [0.4, 0.5) is 5.69 Å². The molecule has 0 unspecified atom stereocenters. The monoisotopic (exact) mass is 534 g/mol. The van der Waals surface area contributed by atoms with Crippen molar-refractivity contribution in [1.29, 1.82) is 5.26 Å². The Morgan fingerprint density at radius 3 is 2.24 bits per heavy atom. The molecule has 10 heteroatoms. The number of halogens is 3. The highest BCUT2D eigenvalue weighted by Crippen LogP contribution is 2.37. The molecule has 0 aliphatic heterocycles. The van der Waals surface area contributed by atoms with Crippen LogP contribution in [0.1, 0.15) is 16.7 Å². The molecule has 0 aliphatic rings. The Morgan fingerprint density at radius 2 is 1.65 bits per heavy atom. The molecule has 0 fully saturated rings. The molecule has 1 amide bonds. The molecular formula is C24H17Cl3N2O4S. The van der Waals surface area contributed by atoms with Crippen molar-refractivity contribution in [1.82, 2.24) is 0 Å². The predicted octanol–water partition coefficient (Wildman–Crippen LogP) is 6.58. The first-order chi connectivity index (χ1) is 16.0. The van der Waals surface area contributed by atoms with Crippen LogP contribution < -0.4 is 9.50 Å². The summed E-state index contributed by atoms with van der Waals surface area (Å²) in [4.78, 5) is 12.5. The lowest BCUT2D eigenvalue weighted by atomic mass is 10.1. The molecule has 1 N–H and O–H groups in total. The molecule has 3 aromatic rings. The Kier molecular flexibility index (Phi) is 7.90. The van der Waals surface area contributed by atoms with Crippen molar-refractivity contribution in [2.45, 2.75) is 18.7 Å². The van der Waals surface area contributed by atoms with Gasteiger partial charge in [-0.2, -0.15) is 13.7 Å². The molecule has 6 nitrogen and oxygen atoms in total. The van der Waals surface area contributed by atoms with E-state index in [1.807, 2.05) is 26.0 Å². The molecule has 0 aromatic heterocycles. The number of rotatable bonds is 6. The Bertz CT molecular complexity index is 1420. The number of aryl methyl sites for hydroxylation is 1. The van der Waals surface area contributed by atoms with E-state index in [2.05, 4.69) is 5.32 Å². The number of hydrogen-bond acceptors (Lipinski definition) is 5. The fourth-order valence-corrected chi connectivity index (χ4v) is 4.66. The Morgan fingerprint density at radius 1 is 1.03 bits per heavy atom. The largest absolute Gasteiger partial charge is 0.376 e. The summed E-state index contributed by atoms with van der Waals surface area (Å²) in [6.45, 7) is 3.77. The molecular weight excluding hydrogens is 519 g/mol. The van der Waals surface area contributed by atoms with Gasteiger partial charge in [0.25, 0.3) is 5.91 Å². The van der Waals surface area contributed by atoms with Crippen molar-refractivity contribution in [2.75, 3.05) is 5.32 Å². The van der Waals surface area contributed by atoms with Gasteiger partial charge < -0.3 is 9.50 Å². The zero-order valence-corrected chi connectivity index (χ0v) is 21.0. The fourth-order valence-electron chi connectivity index (χ4n) is 2.89. The number of benzene rings is 3. The SMILES string of the molecule is Cc1cccc(NC(=O)/C(C#N)=C/c2cc(Cl)c(OS(=O)(=O)c3ccc(Cl)cc3)c(Cl)c2)c1C. The molecule has 0 atom stereocenters. The summed E-state index contributed by atoms with van der Waals surface area (Å²) in [7, 11) is -4.23. The normalized spacial score (nSPS) is 11.6. The lowest BCUT2D eigenvalue weighted by molar-refractivity contribution is -0.112. The van der Waals surface area contributed by atoms with Gasteiger partial charge >= 0.3 is 10.1 Å². The first kappa shape index (κ1) is 25.6. The lowest BCUT2D eigenvalue weighted by Gasteiger charge is -2.12.